The first-order valence-corrected chi connectivity index (χ1v) is 9.54. The predicted molar refractivity (Wildman–Crippen MR) is 111 cm³/mol. The van der Waals surface area contributed by atoms with Crippen molar-refractivity contribution < 1.29 is 9.53 Å². The Balaban J connectivity index is 1.79. The van der Waals surface area contributed by atoms with Crippen molar-refractivity contribution in [3.8, 4) is 11.3 Å². The standard InChI is InChI=1S/C21H17BrN4O2/c1-12-10-14(4-6-16(12)21(27)28-3)18-19(23-2)20-24-17-7-5-15(22)11-13(17)8-9-26(20)25-18/h4-7,10-11,24H,8-9H2,1,3H3. The highest BCUT2D eigenvalue weighted by atomic mass is 79.9. The third kappa shape index (κ3) is 3.06. The van der Waals surface area contributed by atoms with Crippen LogP contribution in [0.1, 0.15) is 21.5 Å². The summed E-state index contributed by atoms with van der Waals surface area (Å²) in [7, 11) is 1.36. The maximum Gasteiger partial charge on any atom is 0.338 e. The molecule has 4 rings (SSSR count). The number of esters is 1. The first kappa shape index (κ1) is 18.3. The van der Waals surface area contributed by atoms with Crippen LogP contribution in [0.15, 0.2) is 40.9 Å². The molecule has 7 heteroatoms. The van der Waals surface area contributed by atoms with Gasteiger partial charge in [-0.2, -0.15) is 5.10 Å². The number of nitrogens with one attached hydrogen (secondary N) is 1. The Kier molecular flexibility index (Phi) is 4.65. The number of hydrogen-bond donors (Lipinski definition) is 1. The molecule has 0 atom stereocenters. The molecule has 6 nitrogen and oxygen atoms in total. The number of carbonyl (C=O) groups excluding carboxylic acids is 1. The molecule has 3 aromatic rings. The van der Waals surface area contributed by atoms with Crippen molar-refractivity contribution in [3.05, 3.63) is 69.0 Å². The number of benzene rings is 2. The van der Waals surface area contributed by atoms with Crippen LogP contribution in [0.4, 0.5) is 17.2 Å². The van der Waals surface area contributed by atoms with Crippen LogP contribution in [-0.2, 0) is 17.7 Å². The Morgan fingerprint density at radius 2 is 2.14 bits per heavy atom. The van der Waals surface area contributed by atoms with Gasteiger partial charge in [-0.15, -0.1) is 0 Å². The molecule has 0 saturated carbocycles. The molecular formula is C21H17BrN4O2. The maximum atomic E-state index is 11.8. The minimum Gasteiger partial charge on any atom is -0.465 e. The lowest BCUT2D eigenvalue weighted by atomic mass is 10.0. The molecule has 0 amide bonds. The smallest absolute Gasteiger partial charge is 0.338 e. The molecule has 1 aliphatic rings. The van der Waals surface area contributed by atoms with Crippen molar-refractivity contribution in [2.24, 2.45) is 0 Å². The second-order valence-electron chi connectivity index (χ2n) is 6.58. The van der Waals surface area contributed by atoms with Gasteiger partial charge in [0.05, 0.1) is 19.2 Å². The van der Waals surface area contributed by atoms with Crippen molar-refractivity contribution in [3.63, 3.8) is 0 Å². The number of hydrogen-bond acceptors (Lipinski definition) is 4. The second kappa shape index (κ2) is 7.13. The zero-order chi connectivity index (χ0) is 19.8. The summed E-state index contributed by atoms with van der Waals surface area (Å²) in [4.78, 5) is 15.6. The van der Waals surface area contributed by atoms with Crippen LogP contribution in [0.25, 0.3) is 16.1 Å². The van der Waals surface area contributed by atoms with Gasteiger partial charge in [-0.3, -0.25) is 4.68 Å². The van der Waals surface area contributed by atoms with Crippen LogP contribution in [0.3, 0.4) is 0 Å². The second-order valence-corrected chi connectivity index (χ2v) is 7.49. The third-order valence-electron chi connectivity index (χ3n) is 4.86. The molecule has 28 heavy (non-hydrogen) atoms. The topological polar surface area (TPSA) is 60.5 Å². The van der Waals surface area contributed by atoms with Gasteiger partial charge >= 0.3 is 5.97 Å². The summed E-state index contributed by atoms with van der Waals surface area (Å²) in [6.45, 7) is 10.2. The first-order valence-electron chi connectivity index (χ1n) is 8.75. The summed E-state index contributed by atoms with van der Waals surface area (Å²) in [6, 6.07) is 11.5. The van der Waals surface area contributed by atoms with Gasteiger partial charge in [0.2, 0.25) is 0 Å². The number of fused-ring (bicyclic) bond motifs is 2. The van der Waals surface area contributed by atoms with E-state index in [-0.39, 0.29) is 5.97 Å². The highest BCUT2D eigenvalue weighted by Crippen LogP contribution is 2.41. The van der Waals surface area contributed by atoms with Crippen LogP contribution in [0.5, 0.6) is 0 Å². The van der Waals surface area contributed by atoms with E-state index >= 15 is 0 Å². The number of rotatable bonds is 2. The van der Waals surface area contributed by atoms with Gasteiger partial charge in [0, 0.05) is 16.7 Å². The molecule has 1 aromatic heterocycles. The monoisotopic (exact) mass is 436 g/mol. The lowest BCUT2D eigenvalue weighted by Gasteiger charge is -2.08. The summed E-state index contributed by atoms with van der Waals surface area (Å²) in [6.07, 6.45) is 0.813. The number of methoxy groups -OCH3 is 1. The zero-order valence-electron chi connectivity index (χ0n) is 15.4. The number of ether oxygens (including phenoxy) is 1. The molecule has 2 aromatic carbocycles. The molecule has 0 radical (unpaired) electrons. The van der Waals surface area contributed by atoms with Gasteiger partial charge in [0.1, 0.15) is 11.5 Å². The van der Waals surface area contributed by atoms with E-state index in [9.17, 15) is 4.79 Å². The van der Waals surface area contributed by atoms with E-state index in [0.717, 1.165) is 27.7 Å². The molecule has 0 bridgehead atoms. The van der Waals surface area contributed by atoms with Crippen LogP contribution in [0.2, 0.25) is 0 Å². The average Bonchev–Trinajstić information content (AvgIpc) is 2.94. The Bertz CT molecular complexity index is 1140. The molecule has 0 spiro atoms. The highest BCUT2D eigenvalue weighted by Gasteiger charge is 2.23. The van der Waals surface area contributed by atoms with Crippen molar-refractivity contribution in [2.45, 2.75) is 19.9 Å². The van der Waals surface area contributed by atoms with Crippen molar-refractivity contribution in [1.29, 1.82) is 0 Å². The van der Waals surface area contributed by atoms with Gasteiger partial charge in [-0.25, -0.2) is 9.64 Å². The molecule has 1 aliphatic heterocycles. The van der Waals surface area contributed by atoms with Gasteiger partial charge in [-0.05, 0) is 54.3 Å². The van der Waals surface area contributed by atoms with Gasteiger partial charge in [0.15, 0.2) is 0 Å². The Labute approximate surface area is 171 Å². The summed E-state index contributed by atoms with van der Waals surface area (Å²) in [5.74, 6) is 0.320. The zero-order valence-corrected chi connectivity index (χ0v) is 17.0. The fourth-order valence-corrected chi connectivity index (χ4v) is 3.84. The number of carbonyl (C=O) groups is 1. The molecule has 1 N–H and O–H groups in total. The summed E-state index contributed by atoms with van der Waals surface area (Å²) in [5, 5.41) is 8.09. The SMILES string of the molecule is [C-]#[N+]c1c(-c2ccc(C(=O)OC)c(C)c2)nn2c1Nc1ccc(Br)cc1CC2. The normalized spacial score (nSPS) is 12.2. The predicted octanol–water partition coefficient (Wildman–Crippen LogP) is 5.26. The number of halogens is 1. The van der Waals surface area contributed by atoms with E-state index < -0.39 is 0 Å². The molecule has 0 saturated heterocycles. The maximum absolute atomic E-state index is 11.8. The Hall–Kier alpha value is -3.11. The minimum absolute atomic E-state index is 0.375. The van der Waals surface area contributed by atoms with Crippen molar-refractivity contribution in [2.75, 3.05) is 12.4 Å². The largest absolute Gasteiger partial charge is 0.465 e. The number of nitrogens with zero attached hydrogens (tertiary/aromatic N) is 3. The molecule has 2 heterocycles. The molecule has 0 unspecified atom stereocenters. The van der Waals surface area contributed by atoms with E-state index in [0.29, 0.717) is 29.3 Å². The van der Waals surface area contributed by atoms with Crippen LogP contribution < -0.4 is 5.32 Å². The Morgan fingerprint density at radius 3 is 2.86 bits per heavy atom. The lowest BCUT2D eigenvalue weighted by molar-refractivity contribution is 0.0600. The molecular weight excluding hydrogens is 420 g/mol. The van der Waals surface area contributed by atoms with E-state index in [1.807, 2.05) is 29.8 Å². The van der Waals surface area contributed by atoms with E-state index in [4.69, 9.17) is 16.4 Å². The van der Waals surface area contributed by atoms with E-state index in [1.165, 1.54) is 12.7 Å². The first-order chi connectivity index (χ1) is 13.5. The molecule has 140 valence electrons. The quantitative estimate of drug-likeness (QED) is 0.439. The fourth-order valence-electron chi connectivity index (χ4n) is 3.43. The van der Waals surface area contributed by atoms with E-state index in [1.54, 1.807) is 12.1 Å². The summed E-state index contributed by atoms with van der Waals surface area (Å²) >= 11 is 3.51. The van der Waals surface area contributed by atoms with Crippen molar-refractivity contribution in [1.82, 2.24) is 9.78 Å². The Morgan fingerprint density at radius 1 is 1.32 bits per heavy atom. The van der Waals surface area contributed by atoms with Crippen LogP contribution in [-0.4, -0.2) is 22.9 Å². The van der Waals surface area contributed by atoms with E-state index in [2.05, 4.69) is 32.2 Å². The molecule has 0 fully saturated rings. The lowest BCUT2D eigenvalue weighted by Crippen LogP contribution is -2.04. The fraction of sp³-hybridized carbons (Fsp3) is 0.190. The van der Waals surface area contributed by atoms with Crippen LogP contribution in [0, 0.1) is 13.5 Å². The van der Waals surface area contributed by atoms with Gasteiger partial charge < -0.3 is 10.1 Å². The summed E-state index contributed by atoms with van der Waals surface area (Å²) < 4.78 is 7.68. The number of aryl methyl sites for hydroxylation is 3. The third-order valence-corrected chi connectivity index (χ3v) is 5.35. The number of anilines is 2. The molecule has 0 aliphatic carbocycles. The number of aromatic nitrogens is 2. The van der Waals surface area contributed by atoms with Crippen molar-refractivity contribution >= 4 is 39.1 Å². The van der Waals surface area contributed by atoms with Crippen LogP contribution >= 0.6 is 15.9 Å². The summed E-state index contributed by atoms with van der Waals surface area (Å²) in [5.41, 5.74) is 5.33. The van der Waals surface area contributed by atoms with Gasteiger partial charge in [-0.1, -0.05) is 28.1 Å². The minimum atomic E-state index is -0.375. The average molecular weight is 437 g/mol. The highest BCUT2D eigenvalue weighted by molar-refractivity contribution is 9.10. The van der Waals surface area contributed by atoms with Gasteiger partial charge in [0.25, 0.3) is 5.69 Å².